The molecule has 2 unspecified atom stereocenters. The van der Waals surface area contributed by atoms with Gasteiger partial charge in [0.15, 0.2) is 0 Å². The van der Waals surface area contributed by atoms with Gasteiger partial charge in [0.05, 0.1) is 17.8 Å². The van der Waals surface area contributed by atoms with Gasteiger partial charge in [0.2, 0.25) is 0 Å². The predicted octanol–water partition coefficient (Wildman–Crippen LogP) is 2.95. The van der Waals surface area contributed by atoms with Gasteiger partial charge in [0.25, 0.3) is 0 Å². The van der Waals surface area contributed by atoms with Crippen LogP contribution in [0, 0.1) is 11.8 Å². The van der Waals surface area contributed by atoms with E-state index in [9.17, 15) is 5.11 Å². The molecule has 0 spiro atoms. The van der Waals surface area contributed by atoms with E-state index in [1.54, 1.807) is 0 Å². The van der Waals surface area contributed by atoms with E-state index >= 15 is 0 Å². The van der Waals surface area contributed by atoms with Gasteiger partial charge in [-0.15, -0.1) is 0 Å². The van der Waals surface area contributed by atoms with Crippen LogP contribution in [-0.4, -0.2) is 21.0 Å². The zero-order valence-corrected chi connectivity index (χ0v) is 11.3. The fourth-order valence-corrected chi connectivity index (χ4v) is 3.19. The molecule has 1 N–H and O–H groups in total. The van der Waals surface area contributed by atoms with Crippen LogP contribution in [0.25, 0.3) is 0 Å². The van der Waals surface area contributed by atoms with E-state index in [1.165, 1.54) is 38.5 Å². The van der Waals surface area contributed by atoms with E-state index in [0.717, 1.165) is 18.0 Å². The fraction of sp³-hybridized carbons (Fsp3) is 0.800. The average Bonchev–Trinajstić information content (AvgIpc) is 2.89. The molecule has 3 nitrogen and oxygen atoms in total. The molecule has 3 rings (SSSR count). The summed E-state index contributed by atoms with van der Waals surface area (Å²) in [6.45, 7) is 2.18. The summed E-state index contributed by atoms with van der Waals surface area (Å²) >= 11 is 0. The van der Waals surface area contributed by atoms with E-state index in [1.807, 2.05) is 0 Å². The number of hydrogen-bond donors (Lipinski definition) is 1. The van der Waals surface area contributed by atoms with E-state index in [-0.39, 0.29) is 6.10 Å². The maximum absolute atomic E-state index is 10.2. The van der Waals surface area contributed by atoms with Crippen molar-refractivity contribution in [1.82, 2.24) is 9.78 Å². The normalized spacial score (nSPS) is 24.3. The third-order valence-corrected chi connectivity index (χ3v) is 4.75. The van der Waals surface area contributed by atoms with Crippen LogP contribution in [0.5, 0.6) is 0 Å². The molecular weight excluding hydrogens is 224 g/mol. The number of aromatic nitrogens is 2. The Hall–Kier alpha value is -0.830. The summed E-state index contributed by atoms with van der Waals surface area (Å²) in [5.74, 6) is 1.19. The van der Waals surface area contributed by atoms with Gasteiger partial charge in [-0.1, -0.05) is 19.8 Å². The summed E-state index contributed by atoms with van der Waals surface area (Å²) < 4.78 is 2.12. The SMILES string of the molecule is CC(C(O)Cc1ccn(C2CCCC2)n1)C1CC1. The van der Waals surface area contributed by atoms with Crippen LogP contribution in [0.15, 0.2) is 12.3 Å². The molecule has 2 fully saturated rings. The Morgan fingerprint density at radius 2 is 2.06 bits per heavy atom. The maximum atomic E-state index is 10.2. The van der Waals surface area contributed by atoms with Crippen molar-refractivity contribution in [3.63, 3.8) is 0 Å². The van der Waals surface area contributed by atoms with Crippen molar-refractivity contribution < 1.29 is 5.11 Å². The lowest BCUT2D eigenvalue weighted by atomic mass is 9.96. The topological polar surface area (TPSA) is 38.0 Å². The van der Waals surface area contributed by atoms with Gasteiger partial charge < -0.3 is 5.11 Å². The van der Waals surface area contributed by atoms with Crippen LogP contribution in [0.4, 0.5) is 0 Å². The molecule has 18 heavy (non-hydrogen) atoms. The molecule has 0 saturated heterocycles. The molecule has 0 bridgehead atoms. The van der Waals surface area contributed by atoms with Gasteiger partial charge in [0.1, 0.15) is 0 Å². The summed E-state index contributed by atoms with van der Waals surface area (Å²) in [6.07, 6.45) is 10.4. The van der Waals surface area contributed by atoms with Crippen molar-refractivity contribution in [2.75, 3.05) is 0 Å². The van der Waals surface area contributed by atoms with E-state index < -0.39 is 0 Å². The smallest absolute Gasteiger partial charge is 0.0650 e. The van der Waals surface area contributed by atoms with E-state index in [2.05, 4.69) is 29.0 Å². The number of hydrogen-bond acceptors (Lipinski definition) is 2. The van der Waals surface area contributed by atoms with Crippen LogP contribution in [0.1, 0.15) is 57.2 Å². The first kappa shape index (κ1) is 12.2. The van der Waals surface area contributed by atoms with Gasteiger partial charge in [0, 0.05) is 12.6 Å². The van der Waals surface area contributed by atoms with Crippen molar-refractivity contribution in [3.8, 4) is 0 Å². The standard InChI is InChI=1S/C15H24N2O/c1-11(12-6-7-12)15(18)10-13-8-9-17(16-13)14-4-2-3-5-14/h8-9,11-12,14-15,18H,2-7,10H2,1H3. The van der Waals surface area contributed by atoms with E-state index in [4.69, 9.17) is 0 Å². The zero-order valence-electron chi connectivity index (χ0n) is 11.3. The number of rotatable bonds is 5. The highest BCUT2D eigenvalue weighted by Gasteiger charge is 2.32. The molecule has 1 aromatic heterocycles. The third-order valence-electron chi connectivity index (χ3n) is 4.75. The average molecular weight is 248 g/mol. The van der Waals surface area contributed by atoms with Gasteiger partial charge in [-0.3, -0.25) is 4.68 Å². The quantitative estimate of drug-likeness (QED) is 0.870. The molecule has 0 aromatic carbocycles. The van der Waals surface area contributed by atoms with Crippen LogP contribution < -0.4 is 0 Å². The molecule has 0 amide bonds. The van der Waals surface area contributed by atoms with Crippen molar-refractivity contribution in [2.45, 2.75) is 64.0 Å². The largest absolute Gasteiger partial charge is 0.392 e. The highest BCUT2D eigenvalue weighted by Crippen LogP contribution is 2.38. The summed E-state index contributed by atoms with van der Waals surface area (Å²) in [7, 11) is 0. The number of aliphatic hydroxyl groups is 1. The molecule has 1 heterocycles. The Morgan fingerprint density at radius 3 is 2.72 bits per heavy atom. The monoisotopic (exact) mass is 248 g/mol. The molecular formula is C15H24N2O. The third kappa shape index (κ3) is 2.61. The first-order valence-electron chi connectivity index (χ1n) is 7.46. The van der Waals surface area contributed by atoms with Crippen molar-refractivity contribution in [3.05, 3.63) is 18.0 Å². The van der Waals surface area contributed by atoms with Gasteiger partial charge in [-0.05, 0) is 43.6 Å². The highest BCUT2D eigenvalue weighted by molar-refractivity contribution is 5.03. The lowest BCUT2D eigenvalue weighted by Crippen LogP contribution is -2.22. The molecule has 2 saturated carbocycles. The molecule has 3 heteroatoms. The van der Waals surface area contributed by atoms with Gasteiger partial charge in [-0.2, -0.15) is 5.10 Å². The lowest BCUT2D eigenvalue weighted by Gasteiger charge is -2.17. The first-order chi connectivity index (χ1) is 8.74. The Bertz CT molecular complexity index is 391. The number of aliphatic hydroxyl groups excluding tert-OH is 1. The van der Waals surface area contributed by atoms with Gasteiger partial charge in [-0.25, -0.2) is 0 Å². The van der Waals surface area contributed by atoms with Crippen molar-refractivity contribution >= 4 is 0 Å². The molecule has 2 aliphatic carbocycles. The fourth-order valence-electron chi connectivity index (χ4n) is 3.19. The zero-order chi connectivity index (χ0) is 12.5. The number of nitrogens with zero attached hydrogens (tertiary/aromatic N) is 2. The van der Waals surface area contributed by atoms with Crippen LogP contribution >= 0.6 is 0 Å². The molecule has 2 aliphatic rings. The summed E-state index contributed by atoms with van der Waals surface area (Å²) in [5.41, 5.74) is 1.06. The van der Waals surface area contributed by atoms with Crippen molar-refractivity contribution in [1.29, 1.82) is 0 Å². The van der Waals surface area contributed by atoms with E-state index in [0.29, 0.717) is 12.0 Å². The second-order valence-corrected chi connectivity index (χ2v) is 6.19. The maximum Gasteiger partial charge on any atom is 0.0650 e. The summed E-state index contributed by atoms with van der Waals surface area (Å²) in [5, 5.41) is 14.9. The molecule has 0 aliphatic heterocycles. The molecule has 2 atom stereocenters. The summed E-state index contributed by atoms with van der Waals surface area (Å²) in [6, 6.07) is 2.69. The molecule has 100 valence electrons. The second-order valence-electron chi connectivity index (χ2n) is 6.19. The Labute approximate surface area is 109 Å². The minimum absolute atomic E-state index is 0.218. The lowest BCUT2D eigenvalue weighted by molar-refractivity contribution is 0.104. The Balaban J connectivity index is 1.58. The summed E-state index contributed by atoms with van der Waals surface area (Å²) in [4.78, 5) is 0. The Morgan fingerprint density at radius 1 is 1.33 bits per heavy atom. The minimum Gasteiger partial charge on any atom is -0.392 e. The van der Waals surface area contributed by atoms with Crippen LogP contribution in [0.2, 0.25) is 0 Å². The van der Waals surface area contributed by atoms with Crippen LogP contribution in [0.3, 0.4) is 0 Å². The van der Waals surface area contributed by atoms with Gasteiger partial charge >= 0.3 is 0 Å². The minimum atomic E-state index is -0.218. The van der Waals surface area contributed by atoms with Crippen molar-refractivity contribution in [2.24, 2.45) is 11.8 Å². The first-order valence-corrected chi connectivity index (χ1v) is 7.46. The predicted molar refractivity (Wildman–Crippen MR) is 71.3 cm³/mol. The second kappa shape index (κ2) is 5.04. The molecule has 1 aromatic rings. The Kier molecular flexibility index (Phi) is 3.42. The molecule has 0 radical (unpaired) electrons. The van der Waals surface area contributed by atoms with Crippen LogP contribution in [-0.2, 0) is 6.42 Å². The highest BCUT2D eigenvalue weighted by atomic mass is 16.3.